The van der Waals surface area contributed by atoms with E-state index in [4.69, 9.17) is 4.74 Å². The Bertz CT molecular complexity index is 758. The van der Waals surface area contributed by atoms with Gasteiger partial charge in [0.1, 0.15) is 11.6 Å². The number of carbonyl (C=O) groups is 2. The van der Waals surface area contributed by atoms with E-state index in [1.807, 2.05) is 0 Å². The summed E-state index contributed by atoms with van der Waals surface area (Å²) in [7, 11) is 1.54. The van der Waals surface area contributed by atoms with Gasteiger partial charge >= 0.3 is 5.97 Å². The molecule has 0 bridgehead atoms. The first kappa shape index (κ1) is 16.0. The van der Waals surface area contributed by atoms with Crippen molar-refractivity contribution in [1.29, 1.82) is 0 Å². The minimum atomic E-state index is -1.03. The van der Waals surface area contributed by atoms with Crippen LogP contribution >= 0.6 is 0 Å². The molecule has 24 heavy (non-hydrogen) atoms. The Labute approximate surface area is 138 Å². The molecule has 1 N–H and O–H groups in total. The van der Waals surface area contributed by atoms with E-state index in [2.05, 4.69) is 0 Å². The van der Waals surface area contributed by atoms with Crippen LogP contribution < -0.4 is 9.64 Å². The van der Waals surface area contributed by atoms with Gasteiger partial charge in [0, 0.05) is 12.1 Å². The molecule has 0 spiro atoms. The van der Waals surface area contributed by atoms with Crippen LogP contribution in [0.2, 0.25) is 0 Å². The molecule has 2 atom stereocenters. The van der Waals surface area contributed by atoms with Crippen molar-refractivity contribution in [3.05, 3.63) is 59.9 Å². The molecular weight excluding hydrogens is 313 g/mol. The highest BCUT2D eigenvalue weighted by Gasteiger charge is 2.45. The lowest BCUT2D eigenvalue weighted by atomic mass is 9.93. The second-order valence-electron chi connectivity index (χ2n) is 5.61. The number of rotatable bonds is 4. The van der Waals surface area contributed by atoms with Gasteiger partial charge in [0.2, 0.25) is 5.91 Å². The second-order valence-corrected chi connectivity index (χ2v) is 5.61. The molecular formula is C18H16FNO4. The number of amides is 1. The number of carbonyl (C=O) groups excluding carboxylic acids is 1. The fourth-order valence-electron chi connectivity index (χ4n) is 3.04. The molecule has 6 heteroatoms. The molecule has 0 aromatic heterocycles. The zero-order valence-electron chi connectivity index (χ0n) is 13.0. The van der Waals surface area contributed by atoms with Crippen molar-refractivity contribution in [2.24, 2.45) is 5.92 Å². The lowest BCUT2D eigenvalue weighted by Gasteiger charge is -2.27. The number of ether oxygens (including phenoxy) is 1. The first-order chi connectivity index (χ1) is 11.5. The van der Waals surface area contributed by atoms with Gasteiger partial charge in [0.15, 0.2) is 0 Å². The molecule has 1 aliphatic rings. The Morgan fingerprint density at radius 1 is 1.17 bits per heavy atom. The first-order valence-electron chi connectivity index (χ1n) is 7.45. The molecule has 0 saturated carbocycles. The van der Waals surface area contributed by atoms with E-state index in [1.165, 1.54) is 29.2 Å². The van der Waals surface area contributed by atoms with Crippen LogP contribution in [0, 0.1) is 11.7 Å². The number of hydrogen-bond acceptors (Lipinski definition) is 3. The van der Waals surface area contributed by atoms with Crippen LogP contribution in [0.25, 0.3) is 0 Å². The number of methoxy groups -OCH3 is 1. The molecule has 1 heterocycles. The summed E-state index contributed by atoms with van der Waals surface area (Å²) >= 11 is 0. The summed E-state index contributed by atoms with van der Waals surface area (Å²) in [6.45, 7) is 0. The molecule has 0 aliphatic carbocycles. The highest BCUT2D eigenvalue weighted by Crippen LogP contribution is 2.41. The predicted octanol–water partition coefficient (Wildman–Crippen LogP) is 3.01. The van der Waals surface area contributed by atoms with Gasteiger partial charge in [-0.15, -0.1) is 0 Å². The van der Waals surface area contributed by atoms with Crippen molar-refractivity contribution in [3.63, 3.8) is 0 Å². The number of carboxylic acid groups (broad SMARTS) is 1. The highest BCUT2D eigenvalue weighted by atomic mass is 19.1. The highest BCUT2D eigenvalue weighted by molar-refractivity contribution is 6.00. The molecule has 0 radical (unpaired) electrons. The summed E-state index contributed by atoms with van der Waals surface area (Å²) in [6, 6.07) is 11.8. The average Bonchev–Trinajstić information content (AvgIpc) is 2.93. The number of anilines is 1. The molecule has 1 amide bonds. The van der Waals surface area contributed by atoms with Crippen LogP contribution in [-0.4, -0.2) is 24.1 Å². The number of benzene rings is 2. The topological polar surface area (TPSA) is 66.8 Å². The van der Waals surface area contributed by atoms with E-state index in [1.54, 1.807) is 31.4 Å². The lowest BCUT2D eigenvalue weighted by molar-refractivity contribution is -0.142. The minimum Gasteiger partial charge on any atom is -0.497 e. The zero-order chi connectivity index (χ0) is 17.3. The molecule has 1 aliphatic heterocycles. The predicted molar refractivity (Wildman–Crippen MR) is 85.4 cm³/mol. The number of halogens is 1. The van der Waals surface area contributed by atoms with E-state index in [0.717, 1.165) is 0 Å². The van der Waals surface area contributed by atoms with Crippen molar-refractivity contribution in [3.8, 4) is 5.75 Å². The molecule has 3 rings (SSSR count). The minimum absolute atomic E-state index is 0.0938. The van der Waals surface area contributed by atoms with Crippen LogP contribution in [0.3, 0.4) is 0 Å². The van der Waals surface area contributed by atoms with Crippen LogP contribution in [0.15, 0.2) is 48.5 Å². The maximum Gasteiger partial charge on any atom is 0.309 e. The van der Waals surface area contributed by atoms with Crippen molar-refractivity contribution >= 4 is 17.6 Å². The molecule has 124 valence electrons. The van der Waals surface area contributed by atoms with Gasteiger partial charge in [-0.3, -0.25) is 9.59 Å². The van der Waals surface area contributed by atoms with Crippen LogP contribution in [-0.2, 0) is 9.59 Å². The van der Waals surface area contributed by atoms with E-state index in [0.29, 0.717) is 17.0 Å². The number of hydrogen-bond donors (Lipinski definition) is 1. The number of nitrogens with zero attached hydrogens (tertiary/aromatic N) is 1. The summed E-state index contributed by atoms with van der Waals surface area (Å²) in [5.74, 6) is -1.97. The van der Waals surface area contributed by atoms with Crippen LogP contribution in [0.1, 0.15) is 18.0 Å². The third kappa shape index (κ3) is 2.82. The molecule has 1 saturated heterocycles. The van der Waals surface area contributed by atoms with Crippen LogP contribution in [0.5, 0.6) is 5.75 Å². The molecule has 2 aromatic carbocycles. The van der Waals surface area contributed by atoms with Crippen molar-refractivity contribution in [1.82, 2.24) is 0 Å². The Morgan fingerprint density at radius 3 is 2.33 bits per heavy atom. The van der Waals surface area contributed by atoms with E-state index in [-0.39, 0.29) is 12.3 Å². The number of carboxylic acids is 1. The van der Waals surface area contributed by atoms with Gasteiger partial charge in [-0.25, -0.2) is 4.39 Å². The normalized spacial score (nSPS) is 20.2. The smallest absolute Gasteiger partial charge is 0.309 e. The monoisotopic (exact) mass is 329 g/mol. The van der Waals surface area contributed by atoms with Gasteiger partial charge < -0.3 is 14.7 Å². The Hall–Kier alpha value is -2.89. The zero-order valence-corrected chi connectivity index (χ0v) is 13.0. The van der Waals surface area contributed by atoms with Gasteiger partial charge in [-0.05, 0) is 42.0 Å². The lowest BCUT2D eigenvalue weighted by Crippen LogP contribution is -2.30. The van der Waals surface area contributed by atoms with E-state index in [9.17, 15) is 19.1 Å². The SMILES string of the molecule is COc1ccc([C@@H]2[C@@H](C(=O)O)CC(=O)N2c2ccc(F)cc2)cc1. The molecule has 2 aromatic rings. The van der Waals surface area contributed by atoms with Gasteiger partial charge in [0.25, 0.3) is 0 Å². The van der Waals surface area contributed by atoms with Crippen molar-refractivity contribution in [2.75, 3.05) is 12.0 Å². The molecule has 5 nitrogen and oxygen atoms in total. The Balaban J connectivity index is 2.05. The summed E-state index contributed by atoms with van der Waals surface area (Å²) in [5, 5.41) is 9.51. The third-order valence-electron chi connectivity index (χ3n) is 4.20. The van der Waals surface area contributed by atoms with Gasteiger partial charge in [-0.1, -0.05) is 12.1 Å². The summed E-state index contributed by atoms with van der Waals surface area (Å²) in [6.07, 6.45) is -0.0938. The van der Waals surface area contributed by atoms with Crippen molar-refractivity contribution in [2.45, 2.75) is 12.5 Å². The quantitative estimate of drug-likeness (QED) is 0.936. The Morgan fingerprint density at radius 2 is 1.79 bits per heavy atom. The fourth-order valence-corrected chi connectivity index (χ4v) is 3.04. The summed E-state index contributed by atoms with van der Waals surface area (Å²) < 4.78 is 18.3. The maximum atomic E-state index is 13.2. The van der Waals surface area contributed by atoms with Gasteiger partial charge in [0.05, 0.1) is 19.1 Å². The summed E-state index contributed by atoms with van der Waals surface area (Å²) in [5.41, 5.74) is 1.17. The molecule has 0 unspecified atom stereocenters. The number of aliphatic carboxylic acids is 1. The van der Waals surface area contributed by atoms with Crippen LogP contribution in [0.4, 0.5) is 10.1 Å². The van der Waals surface area contributed by atoms with Crippen molar-refractivity contribution < 1.29 is 23.8 Å². The summed E-state index contributed by atoms with van der Waals surface area (Å²) in [4.78, 5) is 25.5. The third-order valence-corrected chi connectivity index (χ3v) is 4.20. The van der Waals surface area contributed by atoms with E-state index < -0.39 is 23.7 Å². The first-order valence-corrected chi connectivity index (χ1v) is 7.45. The van der Waals surface area contributed by atoms with Gasteiger partial charge in [-0.2, -0.15) is 0 Å². The maximum absolute atomic E-state index is 13.2. The largest absolute Gasteiger partial charge is 0.497 e. The molecule has 1 fully saturated rings. The Kier molecular flexibility index (Phi) is 4.20. The average molecular weight is 329 g/mol. The fraction of sp³-hybridized carbons (Fsp3) is 0.222. The second kappa shape index (κ2) is 6.31. The standard InChI is InChI=1S/C18H16FNO4/c1-24-14-8-2-11(3-9-14)17-15(18(22)23)10-16(21)20(17)13-6-4-12(19)5-7-13/h2-9,15,17H,10H2,1H3,(H,22,23)/t15-,17+/m0/s1. The van der Waals surface area contributed by atoms with E-state index >= 15 is 0 Å².